The second-order valence-electron chi connectivity index (χ2n) is 5.84. The van der Waals surface area contributed by atoms with Gasteiger partial charge >= 0.3 is 0 Å². The minimum absolute atomic E-state index is 0.0224. The molecule has 2 rings (SSSR count). The summed E-state index contributed by atoms with van der Waals surface area (Å²) in [5.74, 6) is 0.289. The molecule has 2 atom stereocenters. The van der Waals surface area contributed by atoms with Gasteiger partial charge in [-0.15, -0.1) is 0 Å². The van der Waals surface area contributed by atoms with Gasteiger partial charge < -0.3 is 15.0 Å². The number of hydrogen-bond acceptors (Lipinski definition) is 4. The molecule has 6 nitrogen and oxygen atoms in total. The number of piperazine rings is 1. The first-order valence-electron chi connectivity index (χ1n) is 7.99. The Labute approximate surface area is 126 Å². The molecule has 2 aliphatic rings. The fraction of sp³-hybridized carbons (Fsp3) is 0.867. The monoisotopic (exact) mass is 297 g/mol. The van der Waals surface area contributed by atoms with Crippen molar-refractivity contribution in [3.05, 3.63) is 0 Å². The average Bonchev–Trinajstić information content (AvgIpc) is 2.54. The van der Waals surface area contributed by atoms with Crippen LogP contribution in [0, 0.1) is 5.92 Å². The maximum atomic E-state index is 12.7. The molecule has 2 fully saturated rings. The smallest absolute Gasteiger partial charge is 0.233 e. The zero-order chi connectivity index (χ0) is 15.2. The van der Waals surface area contributed by atoms with E-state index >= 15 is 0 Å². The number of likely N-dealkylation sites (N-methyl/N-ethyl adjacent to an activating group) is 1. The molecule has 0 bridgehead atoms. The van der Waals surface area contributed by atoms with Crippen LogP contribution in [-0.4, -0.2) is 74.1 Å². The lowest BCUT2D eigenvalue weighted by Gasteiger charge is -2.38. The third-order valence-electron chi connectivity index (χ3n) is 4.49. The summed E-state index contributed by atoms with van der Waals surface area (Å²) < 4.78 is 5.73. The van der Waals surface area contributed by atoms with Crippen LogP contribution >= 0.6 is 0 Å². The molecule has 120 valence electrons. The van der Waals surface area contributed by atoms with Crippen molar-refractivity contribution in [1.29, 1.82) is 0 Å². The van der Waals surface area contributed by atoms with Gasteiger partial charge in [-0.1, -0.05) is 6.92 Å². The normalized spacial score (nSPS) is 27.4. The number of rotatable bonds is 4. The molecule has 21 heavy (non-hydrogen) atoms. The molecule has 0 aromatic rings. The first-order chi connectivity index (χ1) is 10.2. The van der Waals surface area contributed by atoms with Crippen molar-refractivity contribution < 1.29 is 14.3 Å². The van der Waals surface area contributed by atoms with E-state index in [0.29, 0.717) is 19.6 Å². The molecule has 6 heteroatoms. The van der Waals surface area contributed by atoms with Crippen molar-refractivity contribution in [3.63, 3.8) is 0 Å². The largest absolute Gasteiger partial charge is 0.377 e. The van der Waals surface area contributed by atoms with Crippen molar-refractivity contribution in [2.75, 3.05) is 46.4 Å². The van der Waals surface area contributed by atoms with Gasteiger partial charge in [-0.3, -0.25) is 14.5 Å². The van der Waals surface area contributed by atoms with Crippen molar-refractivity contribution in [2.24, 2.45) is 5.92 Å². The predicted octanol–water partition coefficient (Wildman–Crippen LogP) is 0.0818. The lowest BCUT2D eigenvalue weighted by Crippen LogP contribution is -2.53. The van der Waals surface area contributed by atoms with Crippen LogP contribution in [0.4, 0.5) is 0 Å². The van der Waals surface area contributed by atoms with Gasteiger partial charge in [-0.25, -0.2) is 0 Å². The molecule has 0 radical (unpaired) electrons. The van der Waals surface area contributed by atoms with Gasteiger partial charge in [-0.2, -0.15) is 0 Å². The van der Waals surface area contributed by atoms with Crippen LogP contribution in [0.15, 0.2) is 0 Å². The first kappa shape index (κ1) is 16.2. The van der Waals surface area contributed by atoms with Crippen LogP contribution in [0.25, 0.3) is 0 Å². The van der Waals surface area contributed by atoms with E-state index < -0.39 is 0 Å². The summed E-state index contributed by atoms with van der Waals surface area (Å²) in [5.41, 5.74) is 0. The number of amides is 2. The Balaban J connectivity index is 1.83. The molecular weight excluding hydrogens is 270 g/mol. The van der Waals surface area contributed by atoms with E-state index in [2.05, 4.69) is 17.1 Å². The van der Waals surface area contributed by atoms with Crippen molar-refractivity contribution in [1.82, 2.24) is 15.1 Å². The number of carbonyl (C=O) groups excluding carboxylic acids is 2. The van der Waals surface area contributed by atoms with Gasteiger partial charge in [0.2, 0.25) is 11.8 Å². The van der Waals surface area contributed by atoms with Gasteiger partial charge in [0.25, 0.3) is 0 Å². The molecule has 1 N–H and O–H groups in total. The number of nitrogens with one attached hydrogen (secondary N) is 1. The molecule has 2 amide bonds. The number of nitrogens with zero attached hydrogens (tertiary/aromatic N) is 2. The van der Waals surface area contributed by atoms with E-state index in [0.717, 1.165) is 39.0 Å². The number of hydrogen-bond donors (Lipinski definition) is 1. The molecule has 2 heterocycles. The Hall–Kier alpha value is -1.14. The van der Waals surface area contributed by atoms with E-state index in [1.807, 2.05) is 4.90 Å². The maximum absolute atomic E-state index is 12.7. The molecule has 0 aliphatic carbocycles. The third kappa shape index (κ3) is 4.17. The Morgan fingerprint density at radius 3 is 2.57 bits per heavy atom. The molecule has 0 unspecified atom stereocenters. The first-order valence-corrected chi connectivity index (χ1v) is 7.99. The zero-order valence-electron chi connectivity index (χ0n) is 13.1. The summed E-state index contributed by atoms with van der Waals surface area (Å²) >= 11 is 0. The molecule has 2 saturated heterocycles. The minimum Gasteiger partial charge on any atom is -0.377 e. The SMILES string of the molecule is CC[C@H]1OCCC[C@@H]1C(=O)N1CCN(CC(=O)NC)CC1. The summed E-state index contributed by atoms with van der Waals surface area (Å²) in [7, 11) is 1.65. The van der Waals surface area contributed by atoms with Crippen molar-refractivity contribution in [2.45, 2.75) is 32.3 Å². The van der Waals surface area contributed by atoms with E-state index in [9.17, 15) is 9.59 Å². The molecule has 0 saturated carbocycles. The lowest BCUT2D eigenvalue weighted by atomic mass is 9.91. The molecule has 0 spiro atoms. The topological polar surface area (TPSA) is 61.9 Å². The third-order valence-corrected chi connectivity index (χ3v) is 4.49. The van der Waals surface area contributed by atoms with Gasteiger partial charge in [0.05, 0.1) is 18.6 Å². The van der Waals surface area contributed by atoms with Gasteiger partial charge in [0, 0.05) is 39.8 Å². The number of carbonyl (C=O) groups is 2. The molecule has 2 aliphatic heterocycles. The van der Waals surface area contributed by atoms with Crippen LogP contribution in [0.5, 0.6) is 0 Å². The second kappa shape index (κ2) is 7.75. The quantitative estimate of drug-likeness (QED) is 0.798. The summed E-state index contributed by atoms with van der Waals surface area (Å²) in [4.78, 5) is 28.1. The zero-order valence-corrected chi connectivity index (χ0v) is 13.1. The fourth-order valence-electron chi connectivity index (χ4n) is 3.17. The molecular formula is C15H27N3O3. The van der Waals surface area contributed by atoms with Crippen LogP contribution in [0.1, 0.15) is 26.2 Å². The lowest BCUT2D eigenvalue weighted by molar-refractivity contribution is -0.147. The Morgan fingerprint density at radius 1 is 1.24 bits per heavy atom. The highest BCUT2D eigenvalue weighted by Gasteiger charge is 2.34. The molecule has 0 aromatic carbocycles. The maximum Gasteiger partial charge on any atom is 0.233 e. The fourth-order valence-corrected chi connectivity index (χ4v) is 3.17. The van der Waals surface area contributed by atoms with E-state index in [1.165, 1.54) is 0 Å². The van der Waals surface area contributed by atoms with E-state index in [4.69, 9.17) is 4.74 Å². The van der Waals surface area contributed by atoms with E-state index in [-0.39, 0.29) is 23.8 Å². The highest BCUT2D eigenvalue weighted by molar-refractivity contribution is 5.80. The summed E-state index contributed by atoms with van der Waals surface area (Å²) in [5, 5.41) is 2.63. The van der Waals surface area contributed by atoms with E-state index in [1.54, 1.807) is 7.05 Å². The van der Waals surface area contributed by atoms with Gasteiger partial charge in [-0.05, 0) is 19.3 Å². The van der Waals surface area contributed by atoms with Crippen LogP contribution < -0.4 is 5.32 Å². The highest BCUT2D eigenvalue weighted by atomic mass is 16.5. The minimum atomic E-state index is 0.0224. The van der Waals surface area contributed by atoms with Crippen LogP contribution in [0.2, 0.25) is 0 Å². The standard InChI is InChI=1S/C15H27N3O3/c1-3-13-12(5-4-10-21-13)15(20)18-8-6-17(7-9-18)11-14(19)16-2/h12-13H,3-11H2,1-2H3,(H,16,19)/t12-,13+/m0/s1. The Bertz CT molecular complexity index is 367. The Kier molecular flexibility index (Phi) is 5.99. The van der Waals surface area contributed by atoms with Gasteiger partial charge in [0.1, 0.15) is 0 Å². The van der Waals surface area contributed by atoms with Crippen LogP contribution in [0.3, 0.4) is 0 Å². The van der Waals surface area contributed by atoms with Crippen molar-refractivity contribution in [3.8, 4) is 0 Å². The summed E-state index contributed by atoms with van der Waals surface area (Å²) in [6.07, 6.45) is 2.89. The van der Waals surface area contributed by atoms with Gasteiger partial charge in [0.15, 0.2) is 0 Å². The molecule has 0 aromatic heterocycles. The number of ether oxygens (including phenoxy) is 1. The summed E-state index contributed by atoms with van der Waals surface area (Å²) in [6.45, 7) is 6.24. The summed E-state index contributed by atoms with van der Waals surface area (Å²) in [6, 6.07) is 0. The Morgan fingerprint density at radius 2 is 1.95 bits per heavy atom. The second-order valence-corrected chi connectivity index (χ2v) is 5.84. The van der Waals surface area contributed by atoms with Crippen molar-refractivity contribution >= 4 is 11.8 Å². The highest BCUT2D eigenvalue weighted by Crippen LogP contribution is 2.25. The predicted molar refractivity (Wildman–Crippen MR) is 79.8 cm³/mol. The van der Waals surface area contributed by atoms with Crippen LogP contribution in [-0.2, 0) is 14.3 Å². The average molecular weight is 297 g/mol.